The predicted octanol–water partition coefficient (Wildman–Crippen LogP) is 3.93. The van der Waals surface area contributed by atoms with Crippen molar-refractivity contribution in [1.29, 1.82) is 0 Å². The summed E-state index contributed by atoms with van der Waals surface area (Å²) in [5.41, 5.74) is 1.56. The molecule has 0 N–H and O–H groups in total. The number of rotatable bonds is 7. The summed E-state index contributed by atoms with van der Waals surface area (Å²) in [6.07, 6.45) is 7.63. The minimum Gasteiger partial charge on any atom is -0.339 e. The highest BCUT2D eigenvalue weighted by molar-refractivity contribution is 5.97. The van der Waals surface area contributed by atoms with Crippen molar-refractivity contribution in [2.75, 3.05) is 13.1 Å². The van der Waals surface area contributed by atoms with Crippen molar-refractivity contribution in [1.82, 2.24) is 19.2 Å². The van der Waals surface area contributed by atoms with Gasteiger partial charge in [-0.05, 0) is 37.6 Å². The Bertz CT molecular complexity index is 806. The van der Waals surface area contributed by atoms with Gasteiger partial charge in [0, 0.05) is 25.5 Å². The van der Waals surface area contributed by atoms with E-state index in [9.17, 15) is 4.79 Å². The summed E-state index contributed by atoms with van der Waals surface area (Å²) in [6, 6.07) is 13.8. The topological polar surface area (TPSA) is 43.1 Å². The number of nitrogens with zero attached hydrogens (tertiary/aromatic N) is 4. The molecule has 0 aliphatic carbocycles. The van der Waals surface area contributed by atoms with E-state index in [2.05, 4.69) is 12.0 Å². The number of carbonyl (C=O) groups excluding carboxylic acids is 1. The zero-order chi connectivity index (χ0) is 17.6. The van der Waals surface area contributed by atoms with Crippen molar-refractivity contribution in [3.05, 3.63) is 66.6 Å². The zero-order valence-electron chi connectivity index (χ0n) is 14.8. The molecule has 1 amide bonds. The summed E-state index contributed by atoms with van der Waals surface area (Å²) in [4.78, 5) is 15.0. The number of para-hydroxylation sites is 1. The highest BCUT2D eigenvalue weighted by atomic mass is 16.2. The molecule has 5 heteroatoms. The molecule has 0 saturated heterocycles. The van der Waals surface area contributed by atoms with Gasteiger partial charge in [0.1, 0.15) is 5.56 Å². The van der Waals surface area contributed by atoms with Crippen LogP contribution in [0, 0.1) is 0 Å². The van der Waals surface area contributed by atoms with Gasteiger partial charge < -0.3 is 9.47 Å². The van der Waals surface area contributed by atoms with E-state index >= 15 is 0 Å². The number of unbranched alkanes of at least 4 members (excludes halogenated alkanes) is 1. The summed E-state index contributed by atoms with van der Waals surface area (Å²) < 4.78 is 3.77. The summed E-state index contributed by atoms with van der Waals surface area (Å²) >= 11 is 0. The van der Waals surface area contributed by atoms with E-state index in [1.165, 1.54) is 0 Å². The maximum absolute atomic E-state index is 13.1. The Labute approximate surface area is 148 Å². The molecule has 0 radical (unpaired) electrons. The van der Waals surface area contributed by atoms with E-state index in [1.54, 1.807) is 6.20 Å². The third kappa shape index (κ3) is 3.50. The van der Waals surface area contributed by atoms with Gasteiger partial charge in [-0.15, -0.1) is 0 Å². The summed E-state index contributed by atoms with van der Waals surface area (Å²) in [6.45, 7) is 5.62. The van der Waals surface area contributed by atoms with Crippen LogP contribution in [0.3, 0.4) is 0 Å². The van der Waals surface area contributed by atoms with Crippen LogP contribution in [0.25, 0.3) is 11.5 Å². The smallest absolute Gasteiger partial charge is 0.259 e. The molecule has 2 aromatic heterocycles. The molecule has 0 fully saturated rings. The lowest BCUT2D eigenvalue weighted by Gasteiger charge is -2.21. The van der Waals surface area contributed by atoms with E-state index in [0.29, 0.717) is 12.1 Å². The lowest BCUT2D eigenvalue weighted by atomic mass is 10.2. The quantitative estimate of drug-likeness (QED) is 0.656. The van der Waals surface area contributed by atoms with Gasteiger partial charge in [-0.25, -0.2) is 4.68 Å². The Morgan fingerprint density at radius 3 is 2.44 bits per heavy atom. The van der Waals surface area contributed by atoms with Gasteiger partial charge in [0.15, 0.2) is 5.82 Å². The molecule has 0 atom stereocenters. The van der Waals surface area contributed by atoms with Crippen LogP contribution in [0.2, 0.25) is 0 Å². The number of carbonyl (C=O) groups is 1. The van der Waals surface area contributed by atoms with Crippen molar-refractivity contribution in [2.45, 2.75) is 26.7 Å². The monoisotopic (exact) mass is 336 g/mol. The van der Waals surface area contributed by atoms with Gasteiger partial charge in [-0.1, -0.05) is 31.5 Å². The van der Waals surface area contributed by atoms with Gasteiger partial charge in [0.2, 0.25) is 0 Å². The number of amides is 1. The predicted molar refractivity (Wildman–Crippen MR) is 99.4 cm³/mol. The van der Waals surface area contributed by atoms with Crippen LogP contribution in [-0.4, -0.2) is 38.2 Å². The van der Waals surface area contributed by atoms with Crippen LogP contribution >= 0.6 is 0 Å². The third-order valence-electron chi connectivity index (χ3n) is 4.27. The second kappa shape index (κ2) is 7.83. The average molecular weight is 336 g/mol. The Morgan fingerprint density at radius 1 is 1.08 bits per heavy atom. The van der Waals surface area contributed by atoms with Crippen LogP contribution in [0.5, 0.6) is 0 Å². The largest absolute Gasteiger partial charge is 0.339 e. The van der Waals surface area contributed by atoms with Gasteiger partial charge in [0.05, 0.1) is 11.9 Å². The SMILES string of the molecule is CCCCN(CC)C(=O)c1cnn(-c2ccccc2)c1-n1cccc1. The Kier molecular flexibility index (Phi) is 5.33. The summed E-state index contributed by atoms with van der Waals surface area (Å²) in [5, 5.41) is 4.51. The zero-order valence-corrected chi connectivity index (χ0v) is 14.8. The summed E-state index contributed by atoms with van der Waals surface area (Å²) in [5.74, 6) is 0.804. The van der Waals surface area contributed by atoms with Crippen LogP contribution in [0.15, 0.2) is 61.1 Å². The van der Waals surface area contributed by atoms with E-state index in [-0.39, 0.29) is 5.91 Å². The lowest BCUT2D eigenvalue weighted by molar-refractivity contribution is 0.0762. The Hall–Kier alpha value is -2.82. The fourth-order valence-corrected chi connectivity index (χ4v) is 2.90. The highest BCUT2D eigenvalue weighted by Crippen LogP contribution is 2.21. The van der Waals surface area contributed by atoms with Gasteiger partial charge in [0.25, 0.3) is 5.91 Å². The fraction of sp³-hybridized carbons (Fsp3) is 0.300. The van der Waals surface area contributed by atoms with Crippen molar-refractivity contribution in [3.8, 4) is 11.5 Å². The third-order valence-corrected chi connectivity index (χ3v) is 4.27. The molecule has 0 spiro atoms. The van der Waals surface area contributed by atoms with E-state index in [0.717, 1.165) is 30.9 Å². The first-order chi connectivity index (χ1) is 12.3. The molecule has 5 nitrogen and oxygen atoms in total. The molecule has 0 bridgehead atoms. The molecule has 0 aliphatic rings. The minimum absolute atomic E-state index is 0.0295. The molecule has 0 aliphatic heterocycles. The van der Waals surface area contributed by atoms with Crippen LogP contribution < -0.4 is 0 Å². The molecule has 0 saturated carbocycles. The van der Waals surface area contributed by atoms with E-state index in [1.807, 2.05) is 75.9 Å². The summed E-state index contributed by atoms with van der Waals surface area (Å²) in [7, 11) is 0. The molecule has 25 heavy (non-hydrogen) atoms. The molecule has 3 aromatic rings. The first-order valence-electron chi connectivity index (χ1n) is 8.82. The molecular weight excluding hydrogens is 312 g/mol. The van der Waals surface area contributed by atoms with Gasteiger partial charge in [-0.3, -0.25) is 4.79 Å². The van der Waals surface area contributed by atoms with Crippen LogP contribution in [0.1, 0.15) is 37.0 Å². The maximum Gasteiger partial charge on any atom is 0.259 e. The molecular formula is C20H24N4O. The molecule has 130 valence electrons. The Morgan fingerprint density at radius 2 is 1.80 bits per heavy atom. The normalized spacial score (nSPS) is 10.8. The van der Waals surface area contributed by atoms with Crippen LogP contribution in [-0.2, 0) is 0 Å². The van der Waals surface area contributed by atoms with E-state index < -0.39 is 0 Å². The lowest BCUT2D eigenvalue weighted by Crippen LogP contribution is -2.32. The van der Waals surface area contributed by atoms with Crippen molar-refractivity contribution >= 4 is 5.91 Å². The molecule has 3 rings (SSSR count). The first-order valence-corrected chi connectivity index (χ1v) is 8.82. The second-order valence-electron chi connectivity index (χ2n) is 5.96. The maximum atomic E-state index is 13.1. The number of aromatic nitrogens is 3. The number of hydrogen-bond donors (Lipinski definition) is 0. The van der Waals surface area contributed by atoms with Crippen molar-refractivity contribution in [2.24, 2.45) is 0 Å². The minimum atomic E-state index is 0.0295. The average Bonchev–Trinajstić information content (AvgIpc) is 3.32. The van der Waals surface area contributed by atoms with Gasteiger partial charge in [-0.2, -0.15) is 5.10 Å². The van der Waals surface area contributed by atoms with E-state index in [4.69, 9.17) is 0 Å². The van der Waals surface area contributed by atoms with Crippen molar-refractivity contribution < 1.29 is 4.79 Å². The number of benzene rings is 1. The number of hydrogen-bond acceptors (Lipinski definition) is 2. The Balaban J connectivity index is 2.05. The van der Waals surface area contributed by atoms with Crippen LogP contribution in [0.4, 0.5) is 0 Å². The van der Waals surface area contributed by atoms with Gasteiger partial charge >= 0.3 is 0 Å². The molecule has 2 heterocycles. The fourth-order valence-electron chi connectivity index (χ4n) is 2.90. The van der Waals surface area contributed by atoms with Crippen molar-refractivity contribution in [3.63, 3.8) is 0 Å². The molecule has 0 unspecified atom stereocenters. The second-order valence-corrected chi connectivity index (χ2v) is 5.96. The molecule has 1 aromatic carbocycles. The first kappa shape index (κ1) is 17.0. The standard InChI is InChI=1S/C20H24N4O/c1-3-5-13-22(4-2)20(25)18-16-21-24(17-11-7-6-8-12-17)19(18)23-14-9-10-15-23/h6-12,14-16H,3-5,13H2,1-2H3. The highest BCUT2D eigenvalue weighted by Gasteiger charge is 2.23.